The monoisotopic (exact) mass is 382 g/mol. The summed E-state index contributed by atoms with van der Waals surface area (Å²) in [7, 11) is 1.97. The molecule has 2 heterocycles. The zero-order chi connectivity index (χ0) is 18.6. The normalized spacial score (nSPS) is 13.4. The molecule has 0 saturated heterocycles. The van der Waals surface area contributed by atoms with E-state index in [0.29, 0.717) is 5.02 Å². The lowest BCUT2D eigenvalue weighted by molar-refractivity contribution is 0.663. The smallest absolute Gasteiger partial charge is 0.161 e. The maximum Gasteiger partial charge on any atom is 0.161 e. The lowest BCUT2D eigenvalue weighted by Crippen LogP contribution is -2.15. The predicted octanol–water partition coefficient (Wildman–Crippen LogP) is 3.85. The first-order chi connectivity index (χ1) is 13.2. The summed E-state index contributed by atoms with van der Waals surface area (Å²) < 4.78 is 1.96. The van der Waals surface area contributed by atoms with Crippen LogP contribution in [0.3, 0.4) is 0 Å². The summed E-state index contributed by atoms with van der Waals surface area (Å²) in [4.78, 5) is 9.67. The molecule has 0 atom stereocenters. The Morgan fingerprint density at radius 2 is 2.07 bits per heavy atom. The second-order valence-corrected chi connectivity index (χ2v) is 7.36. The SMILES string of the molecule is Cn1cnnc1CCCNc1nc(-c2cccc(Cl)c2)nc2c1CCCC2. The van der Waals surface area contributed by atoms with Crippen molar-refractivity contribution in [2.75, 3.05) is 11.9 Å². The first-order valence-corrected chi connectivity index (χ1v) is 9.81. The molecule has 0 radical (unpaired) electrons. The summed E-state index contributed by atoms with van der Waals surface area (Å²) in [6.07, 6.45) is 8.03. The first kappa shape index (κ1) is 17.9. The van der Waals surface area contributed by atoms with Gasteiger partial charge in [0.2, 0.25) is 0 Å². The molecule has 1 aliphatic carbocycles. The van der Waals surface area contributed by atoms with Gasteiger partial charge >= 0.3 is 0 Å². The predicted molar refractivity (Wildman–Crippen MR) is 107 cm³/mol. The molecular weight excluding hydrogens is 360 g/mol. The van der Waals surface area contributed by atoms with Crippen LogP contribution < -0.4 is 5.32 Å². The molecule has 2 aromatic heterocycles. The highest BCUT2D eigenvalue weighted by molar-refractivity contribution is 6.30. The Kier molecular flexibility index (Phi) is 5.34. The number of nitrogens with one attached hydrogen (secondary N) is 1. The highest BCUT2D eigenvalue weighted by atomic mass is 35.5. The average molecular weight is 383 g/mol. The fourth-order valence-corrected chi connectivity index (χ4v) is 3.67. The number of benzene rings is 1. The van der Waals surface area contributed by atoms with Gasteiger partial charge in [0.25, 0.3) is 0 Å². The molecule has 0 amide bonds. The van der Waals surface area contributed by atoms with Crippen LogP contribution in [0.2, 0.25) is 5.02 Å². The number of hydrogen-bond acceptors (Lipinski definition) is 5. The zero-order valence-corrected chi connectivity index (χ0v) is 16.2. The third kappa shape index (κ3) is 4.11. The van der Waals surface area contributed by atoms with Crippen LogP contribution in [0.1, 0.15) is 36.3 Å². The highest BCUT2D eigenvalue weighted by Crippen LogP contribution is 2.29. The van der Waals surface area contributed by atoms with Gasteiger partial charge in [-0.3, -0.25) is 0 Å². The molecule has 27 heavy (non-hydrogen) atoms. The van der Waals surface area contributed by atoms with Crippen LogP contribution in [0.25, 0.3) is 11.4 Å². The largest absolute Gasteiger partial charge is 0.370 e. The van der Waals surface area contributed by atoms with E-state index in [4.69, 9.17) is 21.6 Å². The number of aryl methyl sites for hydroxylation is 3. The van der Waals surface area contributed by atoms with Gasteiger partial charge in [0.15, 0.2) is 5.82 Å². The van der Waals surface area contributed by atoms with Crippen molar-refractivity contribution in [2.45, 2.75) is 38.5 Å². The fourth-order valence-electron chi connectivity index (χ4n) is 3.48. The van der Waals surface area contributed by atoms with E-state index in [1.807, 2.05) is 35.9 Å². The Hall–Kier alpha value is -2.47. The Labute approximate surface area is 164 Å². The van der Waals surface area contributed by atoms with Crippen molar-refractivity contribution in [3.63, 3.8) is 0 Å². The number of fused-ring (bicyclic) bond motifs is 1. The molecule has 0 aliphatic heterocycles. The van der Waals surface area contributed by atoms with E-state index >= 15 is 0 Å². The van der Waals surface area contributed by atoms with Gasteiger partial charge in [0.05, 0.1) is 0 Å². The zero-order valence-electron chi connectivity index (χ0n) is 15.5. The van der Waals surface area contributed by atoms with Gasteiger partial charge in [0, 0.05) is 41.9 Å². The number of hydrogen-bond donors (Lipinski definition) is 1. The van der Waals surface area contributed by atoms with Crippen LogP contribution in [-0.4, -0.2) is 31.3 Å². The van der Waals surface area contributed by atoms with Crippen molar-refractivity contribution < 1.29 is 0 Å². The van der Waals surface area contributed by atoms with Crippen LogP contribution in [0.15, 0.2) is 30.6 Å². The van der Waals surface area contributed by atoms with E-state index in [-0.39, 0.29) is 0 Å². The molecule has 140 valence electrons. The molecule has 7 heteroatoms. The van der Waals surface area contributed by atoms with Gasteiger partial charge in [-0.05, 0) is 44.2 Å². The Balaban J connectivity index is 1.53. The molecule has 6 nitrogen and oxygen atoms in total. The molecule has 4 rings (SSSR count). The summed E-state index contributed by atoms with van der Waals surface area (Å²) in [5, 5.41) is 12.3. The number of anilines is 1. The topological polar surface area (TPSA) is 68.5 Å². The Morgan fingerprint density at radius 3 is 2.89 bits per heavy atom. The summed E-state index contributed by atoms with van der Waals surface area (Å²) >= 11 is 6.16. The summed E-state index contributed by atoms with van der Waals surface area (Å²) in [6, 6.07) is 7.74. The van der Waals surface area contributed by atoms with Crippen molar-refractivity contribution in [1.82, 2.24) is 24.7 Å². The van der Waals surface area contributed by atoms with E-state index in [1.165, 1.54) is 24.1 Å². The third-order valence-electron chi connectivity index (χ3n) is 4.94. The first-order valence-electron chi connectivity index (χ1n) is 9.43. The van der Waals surface area contributed by atoms with Crippen LogP contribution >= 0.6 is 11.6 Å². The molecule has 0 saturated carbocycles. The highest BCUT2D eigenvalue weighted by Gasteiger charge is 2.18. The van der Waals surface area contributed by atoms with Crippen LogP contribution in [-0.2, 0) is 26.3 Å². The number of rotatable bonds is 6. The molecule has 0 bridgehead atoms. The summed E-state index contributed by atoms with van der Waals surface area (Å²) in [6.45, 7) is 0.839. The molecule has 0 fully saturated rings. The lowest BCUT2D eigenvalue weighted by atomic mass is 9.96. The minimum Gasteiger partial charge on any atom is -0.370 e. The van der Waals surface area contributed by atoms with Crippen molar-refractivity contribution in [1.29, 1.82) is 0 Å². The van der Waals surface area contributed by atoms with Crippen LogP contribution in [0.4, 0.5) is 5.82 Å². The van der Waals surface area contributed by atoms with Crippen molar-refractivity contribution in [3.8, 4) is 11.4 Å². The Morgan fingerprint density at radius 1 is 1.19 bits per heavy atom. The van der Waals surface area contributed by atoms with Crippen LogP contribution in [0, 0.1) is 0 Å². The second-order valence-electron chi connectivity index (χ2n) is 6.93. The standard InChI is InChI=1S/C20H23ClN6/c1-27-13-23-26-18(27)10-5-11-22-20-16-8-2-3-9-17(16)24-19(25-20)14-6-4-7-15(21)12-14/h4,6-7,12-13H,2-3,5,8-11H2,1H3,(H,22,24,25). The molecule has 0 spiro atoms. The summed E-state index contributed by atoms with van der Waals surface area (Å²) in [5.41, 5.74) is 3.39. The molecule has 0 unspecified atom stereocenters. The van der Waals surface area contributed by atoms with Gasteiger partial charge in [-0.2, -0.15) is 0 Å². The van der Waals surface area contributed by atoms with Crippen molar-refractivity contribution >= 4 is 17.4 Å². The minimum absolute atomic E-state index is 0.701. The van der Waals surface area contributed by atoms with Gasteiger partial charge in [-0.1, -0.05) is 23.7 Å². The second kappa shape index (κ2) is 8.05. The molecule has 1 N–H and O–H groups in total. The quantitative estimate of drug-likeness (QED) is 0.656. The molecule has 1 aromatic carbocycles. The minimum atomic E-state index is 0.701. The Bertz CT molecular complexity index is 936. The van der Waals surface area contributed by atoms with E-state index in [2.05, 4.69) is 15.5 Å². The van der Waals surface area contributed by atoms with Gasteiger partial charge in [-0.15, -0.1) is 10.2 Å². The molecular formula is C20H23ClN6. The van der Waals surface area contributed by atoms with Crippen molar-refractivity contribution in [3.05, 3.63) is 52.7 Å². The van der Waals surface area contributed by atoms with Gasteiger partial charge in [0.1, 0.15) is 18.0 Å². The maximum atomic E-state index is 6.16. The molecule has 3 aromatic rings. The lowest BCUT2D eigenvalue weighted by Gasteiger charge is -2.20. The van der Waals surface area contributed by atoms with Gasteiger partial charge < -0.3 is 9.88 Å². The maximum absolute atomic E-state index is 6.16. The summed E-state index contributed by atoms with van der Waals surface area (Å²) in [5.74, 6) is 2.71. The molecule has 1 aliphatic rings. The van der Waals surface area contributed by atoms with E-state index < -0.39 is 0 Å². The fraction of sp³-hybridized carbons (Fsp3) is 0.400. The van der Waals surface area contributed by atoms with Crippen molar-refractivity contribution in [2.24, 2.45) is 7.05 Å². The average Bonchev–Trinajstić information content (AvgIpc) is 3.09. The number of halogens is 1. The van der Waals surface area contributed by atoms with E-state index in [0.717, 1.165) is 55.3 Å². The third-order valence-corrected chi connectivity index (χ3v) is 5.18. The van der Waals surface area contributed by atoms with E-state index in [1.54, 1.807) is 6.33 Å². The van der Waals surface area contributed by atoms with Gasteiger partial charge in [-0.25, -0.2) is 9.97 Å². The number of aromatic nitrogens is 5. The van der Waals surface area contributed by atoms with E-state index in [9.17, 15) is 0 Å². The number of nitrogens with zero attached hydrogens (tertiary/aromatic N) is 5. The van der Waals surface area contributed by atoms with Crippen LogP contribution in [0.5, 0.6) is 0 Å².